The second kappa shape index (κ2) is 3.28. The summed E-state index contributed by atoms with van der Waals surface area (Å²) in [5, 5.41) is 0. The van der Waals surface area contributed by atoms with Crippen LogP contribution in [-0.2, 0) is 25.8 Å². The summed E-state index contributed by atoms with van der Waals surface area (Å²) in [6.45, 7) is 3.79. The first-order valence-corrected chi connectivity index (χ1v) is 5.75. The highest BCUT2D eigenvalue weighted by Crippen LogP contribution is 2.51. The summed E-state index contributed by atoms with van der Waals surface area (Å²) >= 11 is 0. The van der Waals surface area contributed by atoms with E-state index in [4.69, 9.17) is 9.78 Å². The predicted octanol–water partition coefficient (Wildman–Crippen LogP) is 2.46. The number of carbonyl (C=O) groups is 1. The minimum atomic E-state index is -0.768. The van der Waals surface area contributed by atoms with E-state index in [2.05, 4.69) is 0 Å². The van der Waals surface area contributed by atoms with Crippen molar-refractivity contribution in [3.8, 4) is 0 Å². The fraction of sp³-hybridized carbons (Fsp3) is 0.357. The molecule has 17 heavy (non-hydrogen) atoms. The zero-order chi connectivity index (χ0) is 12.1. The normalized spacial score (nSPS) is 35.4. The molecule has 0 spiro atoms. The number of carbonyl (C=O) groups excluding carboxylic acids is 1. The minimum absolute atomic E-state index is 0.287. The molecule has 3 atom stereocenters. The van der Waals surface area contributed by atoms with Gasteiger partial charge in [-0.25, -0.2) is 9.78 Å². The van der Waals surface area contributed by atoms with Crippen LogP contribution in [0.2, 0.25) is 0 Å². The molecule has 3 heteroatoms. The van der Waals surface area contributed by atoms with E-state index in [1.807, 2.05) is 50.3 Å². The molecule has 2 aliphatic heterocycles. The molecule has 88 valence electrons. The lowest BCUT2D eigenvalue weighted by Gasteiger charge is -2.48. The topological polar surface area (TPSA) is 35.5 Å². The average Bonchev–Trinajstić information content (AvgIpc) is 2.39. The first-order valence-electron chi connectivity index (χ1n) is 5.75. The van der Waals surface area contributed by atoms with E-state index in [0.717, 1.165) is 17.4 Å². The maximum Gasteiger partial charge on any atom is 0.156 e. The van der Waals surface area contributed by atoms with Crippen LogP contribution in [0.3, 0.4) is 0 Å². The third kappa shape index (κ3) is 1.21. The van der Waals surface area contributed by atoms with Crippen LogP contribution in [0.4, 0.5) is 0 Å². The van der Waals surface area contributed by atoms with Crippen LogP contribution in [0, 0.1) is 5.92 Å². The van der Waals surface area contributed by atoms with Gasteiger partial charge in [0, 0.05) is 0 Å². The van der Waals surface area contributed by atoms with E-state index < -0.39 is 11.2 Å². The quantitative estimate of drug-likeness (QED) is 0.445. The van der Waals surface area contributed by atoms with Crippen LogP contribution in [0.15, 0.2) is 36.4 Å². The second-order valence-electron chi connectivity index (χ2n) is 4.87. The molecule has 4 rings (SSSR count). The van der Waals surface area contributed by atoms with E-state index in [1.165, 1.54) is 0 Å². The fourth-order valence-electron chi connectivity index (χ4n) is 2.59. The number of hydrogen-bond donors (Lipinski definition) is 0. The van der Waals surface area contributed by atoms with Crippen molar-refractivity contribution in [3.05, 3.63) is 47.5 Å². The highest BCUT2D eigenvalue weighted by molar-refractivity contribution is 5.60. The molecule has 2 bridgehead atoms. The number of benzene rings is 1. The van der Waals surface area contributed by atoms with Crippen LogP contribution in [0.1, 0.15) is 25.0 Å². The fourth-order valence-corrected chi connectivity index (χ4v) is 2.59. The summed E-state index contributed by atoms with van der Waals surface area (Å²) in [5.41, 5.74) is 0.787. The minimum Gasteiger partial charge on any atom is -0.303 e. The molecule has 0 N–H and O–H groups in total. The summed E-state index contributed by atoms with van der Waals surface area (Å²) < 4.78 is 0. The van der Waals surface area contributed by atoms with Crippen molar-refractivity contribution in [1.82, 2.24) is 0 Å². The van der Waals surface area contributed by atoms with Gasteiger partial charge in [-0.05, 0) is 30.2 Å². The maximum atomic E-state index is 11.1. The van der Waals surface area contributed by atoms with E-state index in [0.29, 0.717) is 0 Å². The second-order valence-corrected chi connectivity index (χ2v) is 4.87. The Morgan fingerprint density at radius 1 is 1.18 bits per heavy atom. The molecule has 0 fully saturated rings. The van der Waals surface area contributed by atoms with Crippen molar-refractivity contribution in [2.45, 2.75) is 25.0 Å². The van der Waals surface area contributed by atoms with Crippen molar-refractivity contribution >= 4 is 6.29 Å². The van der Waals surface area contributed by atoms with E-state index in [9.17, 15) is 4.79 Å². The molecule has 1 aromatic rings. The van der Waals surface area contributed by atoms with Crippen LogP contribution in [0.5, 0.6) is 0 Å². The van der Waals surface area contributed by atoms with Crippen LogP contribution < -0.4 is 0 Å². The summed E-state index contributed by atoms with van der Waals surface area (Å²) in [4.78, 5) is 22.1. The molecule has 1 aromatic carbocycles. The van der Waals surface area contributed by atoms with Gasteiger partial charge in [0.1, 0.15) is 11.9 Å². The summed E-state index contributed by atoms with van der Waals surface area (Å²) in [7, 11) is 0. The monoisotopic (exact) mass is 230 g/mol. The van der Waals surface area contributed by atoms with E-state index in [-0.39, 0.29) is 5.92 Å². The standard InChI is InChI=1S/C14H14O3/c1-10(9-15)14-8-7-13(2,16-17-14)11-5-3-4-6-12(11)14/h3-10H,1-2H3/t10-,13-,14-/m0/s1. The Bertz CT molecular complexity index is 508. The number of aldehydes is 1. The third-order valence-electron chi connectivity index (χ3n) is 3.77. The largest absolute Gasteiger partial charge is 0.303 e. The molecule has 0 saturated heterocycles. The molecule has 0 amide bonds. The van der Waals surface area contributed by atoms with Crippen molar-refractivity contribution < 1.29 is 14.6 Å². The van der Waals surface area contributed by atoms with Gasteiger partial charge in [0.05, 0.1) is 5.92 Å². The predicted molar refractivity (Wildman–Crippen MR) is 62.0 cm³/mol. The molecule has 1 aliphatic carbocycles. The molecule has 0 saturated carbocycles. The molecular weight excluding hydrogens is 216 g/mol. The molecule has 3 aliphatic rings. The molecule has 0 radical (unpaired) electrons. The first-order chi connectivity index (χ1) is 8.12. The SMILES string of the molecule is C[C@@H](C=O)[C@]12C=C[C@](C)(OO1)c1ccccc12. The lowest BCUT2D eigenvalue weighted by Crippen LogP contribution is -2.49. The molecular formula is C14H14O3. The maximum absolute atomic E-state index is 11.1. The lowest BCUT2D eigenvalue weighted by atomic mass is 9.71. The Kier molecular flexibility index (Phi) is 2.06. The van der Waals surface area contributed by atoms with Gasteiger partial charge in [-0.3, -0.25) is 0 Å². The molecule has 0 aromatic heterocycles. The van der Waals surface area contributed by atoms with E-state index in [1.54, 1.807) is 0 Å². The van der Waals surface area contributed by atoms with Gasteiger partial charge in [0.25, 0.3) is 0 Å². The Morgan fingerprint density at radius 2 is 1.88 bits per heavy atom. The molecule has 3 nitrogen and oxygen atoms in total. The Balaban J connectivity index is 2.27. The van der Waals surface area contributed by atoms with Crippen LogP contribution in [-0.4, -0.2) is 6.29 Å². The first kappa shape index (κ1) is 10.7. The van der Waals surface area contributed by atoms with Gasteiger partial charge < -0.3 is 4.79 Å². The third-order valence-corrected chi connectivity index (χ3v) is 3.77. The van der Waals surface area contributed by atoms with Crippen molar-refractivity contribution in [3.63, 3.8) is 0 Å². The number of hydrogen-bond acceptors (Lipinski definition) is 3. The smallest absolute Gasteiger partial charge is 0.156 e. The average molecular weight is 230 g/mol. The van der Waals surface area contributed by atoms with Gasteiger partial charge in [0.2, 0.25) is 0 Å². The Labute approximate surface area is 100.0 Å². The van der Waals surface area contributed by atoms with Gasteiger partial charge >= 0.3 is 0 Å². The number of rotatable bonds is 2. The highest BCUT2D eigenvalue weighted by Gasteiger charge is 2.52. The lowest BCUT2D eigenvalue weighted by molar-refractivity contribution is -0.424. The summed E-state index contributed by atoms with van der Waals surface area (Å²) in [6, 6.07) is 7.95. The van der Waals surface area contributed by atoms with Crippen molar-refractivity contribution in [2.75, 3.05) is 0 Å². The summed E-state index contributed by atoms with van der Waals surface area (Å²) in [5.74, 6) is -0.287. The number of fused-ring (bicyclic) bond motifs is 1. The van der Waals surface area contributed by atoms with E-state index >= 15 is 0 Å². The highest BCUT2D eigenvalue weighted by atomic mass is 17.2. The Hall–Kier alpha value is -1.45. The van der Waals surface area contributed by atoms with Crippen molar-refractivity contribution in [1.29, 1.82) is 0 Å². The summed E-state index contributed by atoms with van der Waals surface area (Å²) in [6.07, 6.45) is 4.81. The Morgan fingerprint density at radius 3 is 2.47 bits per heavy atom. The van der Waals surface area contributed by atoms with Crippen LogP contribution >= 0.6 is 0 Å². The zero-order valence-electron chi connectivity index (χ0n) is 9.84. The van der Waals surface area contributed by atoms with Gasteiger partial charge in [-0.1, -0.05) is 31.2 Å². The molecule has 0 unspecified atom stereocenters. The van der Waals surface area contributed by atoms with Gasteiger partial charge in [-0.2, -0.15) is 0 Å². The zero-order valence-corrected chi connectivity index (χ0v) is 9.84. The van der Waals surface area contributed by atoms with Gasteiger partial charge in [-0.15, -0.1) is 0 Å². The molecule has 2 heterocycles. The van der Waals surface area contributed by atoms with Crippen LogP contribution in [0.25, 0.3) is 0 Å². The van der Waals surface area contributed by atoms with Crippen molar-refractivity contribution in [2.24, 2.45) is 5.92 Å². The van der Waals surface area contributed by atoms with Gasteiger partial charge in [0.15, 0.2) is 5.60 Å².